The Hall–Kier alpha value is -1.32. The number of hydrogen-bond donors (Lipinski definition) is 1. The third kappa shape index (κ3) is 3.99. The van der Waals surface area contributed by atoms with E-state index in [0.717, 1.165) is 74.3 Å². The van der Waals surface area contributed by atoms with E-state index >= 15 is 0 Å². The first-order valence-corrected chi connectivity index (χ1v) is 10.0. The van der Waals surface area contributed by atoms with Gasteiger partial charge in [-0.05, 0) is 25.8 Å². The predicted molar refractivity (Wildman–Crippen MR) is 101 cm³/mol. The normalized spacial score (nSPS) is 21.5. The molecule has 142 valence electrons. The zero-order chi connectivity index (χ0) is 17.9. The van der Waals surface area contributed by atoms with E-state index in [4.69, 9.17) is 24.3 Å². The summed E-state index contributed by atoms with van der Waals surface area (Å²) in [6.07, 6.45) is 1.06. The quantitative estimate of drug-likeness (QED) is 0.775. The fourth-order valence-electron chi connectivity index (χ4n) is 3.34. The van der Waals surface area contributed by atoms with Gasteiger partial charge in [-0.2, -0.15) is 0 Å². The van der Waals surface area contributed by atoms with Crippen LogP contribution in [0.15, 0.2) is 0 Å². The molecule has 0 bridgehead atoms. The second-order valence-electron chi connectivity index (χ2n) is 6.98. The molecule has 0 aromatic carbocycles. The second-order valence-corrected chi connectivity index (χ2v) is 8.19. The topological polar surface area (TPSA) is 68.7 Å². The maximum Gasteiger partial charge on any atom is 0.162 e. The van der Waals surface area contributed by atoms with Gasteiger partial charge >= 0.3 is 0 Å². The Morgan fingerprint density at radius 1 is 1.19 bits per heavy atom. The molecule has 7 nitrogen and oxygen atoms in total. The molecule has 2 fully saturated rings. The summed E-state index contributed by atoms with van der Waals surface area (Å²) in [6, 6.07) is 0. The number of aromatic nitrogens is 2. The summed E-state index contributed by atoms with van der Waals surface area (Å²) in [4.78, 5) is 20.0. The number of rotatable bonds is 6. The Kier molecular flexibility index (Phi) is 5.66. The highest BCUT2D eigenvalue weighted by atomic mass is 32.1. The van der Waals surface area contributed by atoms with Gasteiger partial charge in [0.25, 0.3) is 0 Å². The Bertz CT molecular complexity index is 754. The van der Waals surface area contributed by atoms with Crippen molar-refractivity contribution < 1.29 is 14.3 Å². The van der Waals surface area contributed by atoms with Crippen LogP contribution in [0.2, 0.25) is 0 Å². The van der Waals surface area contributed by atoms with Crippen LogP contribution in [0.3, 0.4) is 0 Å². The molecule has 0 amide bonds. The van der Waals surface area contributed by atoms with Gasteiger partial charge < -0.3 is 9.47 Å². The number of nitrogens with zero attached hydrogens (tertiary/aromatic N) is 3. The molecule has 1 N–H and O–H groups in total. The molecule has 2 aromatic rings. The second kappa shape index (κ2) is 8.14. The summed E-state index contributed by atoms with van der Waals surface area (Å²) in [5.41, 5.74) is 4.32. The average molecular weight is 378 g/mol. The molecule has 26 heavy (non-hydrogen) atoms. The summed E-state index contributed by atoms with van der Waals surface area (Å²) >= 11 is 1.72. The molecule has 1 unspecified atom stereocenters. The van der Waals surface area contributed by atoms with Crippen LogP contribution in [0.4, 0.5) is 5.82 Å². The van der Waals surface area contributed by atoms with Gasteiger partial charge in [-0.25, -0.2) is 15.4 Å². The molecule has 0 radical (unpaired) electrons. The van der Waals surface area contributed by atoms with Gasteiger partial charge in [0.1, 0.15) is 10.7 Å². The molecule has 2 saturated heterocycles. The van der Waals surface area contributed by atoms with Crippen LogP contribution >= 0.6 is 11.3 Å². The van der Waals surface area contributed by atoms with Crippen LogP contribution in [-0.2, 0) is 20.9 Å². The Morgan fingerprint density at radius 2 is 2.04 bits per heavy atom. The third-order valence-electron chi connectivity index (χ3n) is 5.06. The first-order chi connectivity index (χ1) is 12.7. The van der Waals surface area contributed by atoms with Crippen molar-refractivity contribution in [3.05, 3.63) is 16.3 Å². The highest BCUT2D eigenvalue weighted by Gasteiger charge is 2.19. The highest BCUT2D eigenvalue weighted by Crippen LogP contribution is 2.33. The van der Waals surface area contributed by atoms with Crippen molar-refractivity contribution in [1.82, 2.24) is 14.9 Å². The number of hydrogen-bond acceptors (Lipinski definition) is 8. The van der Waals surface area contributed by atoms with Gasteiger partial charge in [0.05, 0.1) is 38.4 Å². The molecule has 1 atom stereocenters. The summed E-state index contributed by atoms with van der Waals surface area (Å²) in [7, 11) is 0. The van der Waals surface area contributed by atoms with E-state index in [2.05, 4.69) is 24.2 Å². The fraction of sp³-hybridized carbons (Fsp3) is 0.667. The SMILES string of the molecule is Cc1sc2nc(CN3CCOCC3)nc(NOCC3CCOC3)c2c1C. The van der Waals surface area contributed by atoms with Crippen LogP contribution in [0.5, 0.6) is 0 Å². The average Bonchev–Trinajstić information content (AvgIpc) is 3.24. The number of nitrogens with one attached hydrogen (secondary N) is 1. The van der Waals surface area contributed by atoms with E-state index in [0.29, 0.717) is 12.5 Å². The van der Waals surface area contributed by atoms with Crippen molar-refractivity contribution >= 4 is 27.4 Å². The smallest absolute Gasteiger partial charge is 0.162 e. The van der Waals surface area contributed by atoms with E-state index in [-0.39, 0.29) is 0 Å². The molecule has 0 aliphatic carbocycles. The van der Waals surface area contributed by atoms with E-state index in [9.17, 15) is 0 Å². The van der Waals surface area contributed by atoms with Gasteiger partial charge in [-0.15, -0.1) is 11.3 Å². The summed E-state index contributed by atoms with van der Waals surface area (Å²) in [6.45, 7) is 10.6. The number of morpholine rings is 1. The van der Waals surface area contributed by atoms with Gasteiger partial charge in [0.2, 0.25) is 0 Å². The Balaban J connectivity index is 1.53. The maximum absolute atomic E-state index is 5.77. The Labute approximate surface area is 157 Å². The van der Waals surface area contributed by atoms with E-state index < -0.39 is 0 Å². The van der Waals surface area contributed by atoms with Crippen LogP contribution in [0.1, 0.15) is 22.7 Å². The van der Waals surface area contributed by atoms with Gasteiger partial charge in [-0.3, -0.25) is 9.74 Å². The first-order valence-electron chi connectivity index (χ1n) is 9.23. The number of ether oxygens (including phenoxy) is 2. The number of thiophene rings is 1. The monoisotopic (exact) mass is 378 g/mol. The molecule has 8 heteroatoms. The molecule has 2 aliphatic heterocycles. The van der Waals surface area contributed by atoms with Gasteiger partial charge in [0, 0.05) is 30.5 Å². The molecule has 0 saturated carbocycles. The molecule has 4 rings (SSSR count). The number of fused-ring (bicyclic) bond motifs is 1. The lowest BCUT2D eigenvalue weighted by molar-refractivity contribution is 0.0331. The first kappa shape index (κ1) is 18.1. The van der Waals surface area contributed by atoms with Gasteiger partial charge in [0.15, 0.2) is 5.82 Å². The van der Waals surface area contributed by atoms with Crippen LogP contribution in [-0.4, -0.2) is 61.0 Å². The maximum atomic E-state index is 5.77. The van der Waals surface area contributed by atoms with Crippen molar-refractivity contribution in [3.63, 3.8) is 0 Å². The summed E-state index contributed by atoms with van der Waals surface area (Å²) < 4.78 is 10.8. The largest absolute Gasteiger partial charge is 0.381 e. The molecule has 2 aliphatic rings. The fourth-order valence-corrected chi connectivity index (χ4v) is 4.39. The van der Waals surface area contributed by atoms with E-state index in [1.54, 1.807) is 11.3 Å². The van der Waals surface area contributed by atoms with Crippen LogP contribution in [0, 0.1) is 19.8 Å². The zero-order valence-corrected chi connectivity index (χ0v) is 16.2. The predicted octanol–water partition coefficient (Wildman–Crippen LogP) is 2.52. The van der Waals surface area contributed by atoms with E-state index in [1.165, 1.54) is 10.4 Å². The van der Waals surface area contributed by atoms with Crippen molar-refractivity contribution in [2.24, 2.45) is 5.92 Å². The van der Waals surface area contributed by atoms with E-state index in [1.807, 2.05) is 0 Å². The summed E-state index contributed by atoms with van der Waals surface area (Å²) in [5.74, 6) is 2.06. The van der Waals surface area contributed by atoms with Crippen molar-refractivity contribution in [1.29, 1.82) is 0 Å². The lowest BCUT2D eigenvalue weighted by Crippen LogP contribution is -2.36. The lowest BCUT2D eigenvalue weighted by atomic mass is 10.1. The van der Waals surface area contributed by atoms with Gasteiger partial charge in [-0.1, -0.05) is 0 Å². The third-order valence-corrected chi connectivity index (χ3v) is 6.16. The van der Waals surface area contributed by atoms with Crippen LogP contribution in [0.25, 0.3) is 10.2 Å². The molecule has 4 heterocycles. The molecular formula is C18H26N4O3S. The number of aryl methyl sites for hydroxylation is 2. The van der Waals surface area contributed by atoms with Crippen molar-refractivity contribution in [2.75, 3.05) is 51.6 Å². The molecular weight excluding hydrogens is 352 g/mol. The minimum absolute atomic E-state index is 0.456. The highest BCUT2D eigenvalue weighted by molar-refractivity contribution is 7.18. The number of anilines is 1. The van der Waals surface area contributed by atoms with Crippen LogP contribution < -0.4 is 5.48 Å². The molecule has 2 aromatic heterocycles. The van der Waals surface area contributed by atoms with Crippen molar-refractivity contribution in [2.45, 2.75) is 26.8 Å². The minimum Gasteiger partial charge on any atom is -0.381 e. The standard InChI is InChI=1S/C18H26N4O3S/c1-12-13(2)26-18-16(12)17(21-25-11-14-3-6-24-10-14)19-15(20-18)9-22-4-7-23-8-5-22/h14H,3-11H2,1-2H3,(H,19,20,21). The lowest BCUT2D eigenvalue weighted by Gasteiger charge is -2.25. The Morgan fingerprint density at radius 3 is 2.81 bits per heavy atom. The van der Waals surface area contributed by atoms with Crippen molar-refractivity contribution in [3.8, 4) is 0 Å². The summed E-state index contributed by atoms with van der Waals surface area (Å²) in [5, 5.41) is 1.07. The minimum atomic E-state index is 0.456. The zero-order valence-electron chi connectivity index (χ0n) is 15.4. The molecule has 0 spiro atoms.